The van der Waals surface area contributed by atoms with Crippen molar-refractivity contribution in [2.24, 2.45) is 0 Å². The fourth-order valence-corrected chi connectivity index (χ4v) is 3.43. The Morgan fingerprint density at radius 3 is 2.48 bits per heavy atom. The first-order valence-electron chi connectivity index (χ1n) is 7.45. The van der Waals surface area contributed by atoms with Gasteiger partial charge < -0.3 is 5.32 Å². The number of nitrogens with zero attached hydrogens (tertiary/aromatic N) is 1. The number of rotatable bonds is 4. The van der Waals surface area contributed by atoms with E-state index in [4.69, 9.17) is 23.2 Å². The quantitative estimate of drug-likeness (QED) is 0.706. The van der Waals surface area contributed by atoms with Crippen LogP contribution in [-0.2, 0) is 4.79 Å². The predicted molar refractivity (Wildman–Crippen MR) is 104 cm³/mol. The van der Waals surface area contributed by atoms with Crippen molar-refractivity contribution in [2.75, 3.05) is 12.0 Å². The Hall–Kier alpha value is -1.95. The van der Waals surface area contributed by atoms with Crippen molar-refractivity contribution in [3.63, 3.8) is 0 Å². The van der Waals surface area contributed by atoms with Gasteiger partial charge in [0.2, 0.25) is 0 Å². The van der Waals surface area contributed by atoms with E-state index in [9.17, 15) is 9.59 Å². The lowest BCUT2D eigenvalue weighted by Crippen LogP contribution is -2.33. The molecule has 0 aliphatic carbocycles. The van der Waals surface area contributed by atoms with Crippen LogP contribution in [0, 0.1) is 6.92 Å². The third-order valence-corrected chi connectivity index (χ3v) is 5.06. The third kappa shape index (κ3) is 4.18. The normalized spacial score (nSPS) is 16.0. The number of amides is 2. The molecular weight excluding hydrogens is 379 g/mol. The number of carbonyl (C=O) groups is 2. The summed E-state index contributed by atoms with van der Waals surface area (Å²) in [5, 5.41) is 3.99. The smallest absolute Gasteiger partial charge is 0.295 e. The molecule has 1 heterocycles. The van der Waals surface area contributed by atoms with Crippen LogP contribution in [0.4, 0.5) is 10.5 Å². The molecule has 2 amide bonds. The summed E-state index contributed by atoms with van der Waals surface area (Å²) >= 11 is 12.8. The standard InChI is InChI=1S/C18H14Cl2N2O2S/c1-11-2-5-14(20)9-15(11)21-10-22-17(23)16(25-18(22)24)8-12-3-6-13(19)7-4-12/h2-9,21H,10H2,1H3. The van der Waals surface area contributed by atoms with E-state index in [2.05, 4.69) is 5.32 Å². The number of nitrogens with one attached hydrogen (secondary N) is 1. The minimum absolute atomic E-state index is 0.0871. The first kappa shape index (κ1) is 17.9. The van der Waals surface area contributed by atoms with Gasteiger partial charge in [-0.05, 0) is 60.2 Å². The number of anilines is 1. The summed E-state index contributed by atoms with van der Waals surface area (Å²) in [4.78, 5) is 26.2. The number of imide groups is 1. The van der Waals surface area contributed by atoms with Crippen LogP contribution in [0.1, 0.15) is 11.1 Å². The molecule has 1 aliphatic rings. The van der Waals surface area contributed by atoms with Gasteiger partial charge >= 0.3 is 0 Å². The molecule has 4 nitrogen and oxygen atoms in total. The minimum atomic E-state index is -0.322. The van der Waals surface area contributed by atoms with Crippen LogP contribution in [0.15, 0.2) is 47.4 Å². The third-order valence-electron chi connectivity index (χ3n) is 3.67. The molecule has 0 aromatic heterocycles. The van der Waals surface area contributed by atoms with Gasteiger partial charge in [-0.1, -0.05) is 41.4 Å². The number of hydrogen-bond donors (Lipinski definition) is 1. The SMILES string of the molecule is Cc1ccc(Cl)cc1NCN1C(=O)SC(=Cc2ccc(Cl)cc2)C1=O. The van der Waals surface area contributed by atoms with Crippen molar-refractivity contribution in [3.05, 3.63) is 68.5 Å². The fourth-order valence-electron chi connectivity index (χ4n) is 2.30. The highest BCUT2D eigenvalue weighted by molar-refractivity contribution is 8.18. The number of carbonyl (C=O) groups excluding carboxylic acids is 2. The van der Waals surface area contributed by atoms with Crippen LogP contribution in [0.25, 0.3) is 6.08 Å². The van der Waals surface area contributed by atoms with Gasteiger partial charge in [-0.3, -0.25) is 14.5 Å². The molecule has 0 bridgehead atoms. The molecule has 25 heavy (non-hydrogen) atoms. The number of benzene rings is 2. The maximum Gasteiger partial charge on any atom is 0.295 e. The van der Waals surface area contributed by atoms with Crippen molar-refractivity contribution < 1.29 is 9.59 Å². The van der Waals surface area contributed by atoms with Gasteiger partial charge in [0.1, 0.15) is 0 Å². The van der Waals surface area contributed by atoms with Gasteiger partial charge in [-0.15, -0.1) is 0 Å². The van der Waals surface area contributed by atoms with Crippen LogP contribution < -0.4 is 5.32 Å². The van der Waals surface area contributed by atoms with Gasteiger partial charge in [0, 0.05) is 15.7 Å². The number of thioether (sulfide) groups is 1. The van der Waals surface area contributed by atoms with E-state index in [-0.39, 0.29) is 17.8 Å². The molecule has 7 heteroatoms. The molecule has 128 valence electrons. The van der Waals surface area contributed by atoms with Gasteiger partial charge in [0.15, 0.2) is 0 Å². The van der Waals surface area contributed by atoms with Crippen molar-refractivity contribution >= 4 is 57.9 Å². The van der Waals surface area contributed by atoms with E-state index < -0.39 is 0 Å². The molecule has 1 aliphatic heterocycles. The second-order valence-electron chi connectivity index (χ2n) is 5.46. The first-order valence-corrected chi connectivity index (χ1v) is 9.02. The van der Waals surface area contributed by atoms with Gasteiger partial charge in [0.25, 0.3) is 11.1 Å². The average molecular weight is 393 g/mol. The largest absolute Gasteiger partial charge is 0.367 e. The topological polar surface area (TPSA) is 49.4 Å². The molecule has 1 N–H and O–H groups in total. The highest BCUT2D eigenvalue weighted by Gasteiger charge is 2.34. The zero-order valence-corrected chi connectivity index (χ0v) is 15.6. The summed E-state index contributed by atoms with van der Waals surface area (Å²) in [6.45, 7) is 2.01. The Bertz CT molecular complexity index is 866. The van der Waals surface area contributed by atoms with Gasteiger partial charge in [0.05, 0.1) is 11.6 Å². The Morgan fingerprint density at radius 2 is 1.76 bits per heavy atom. The van der Waals surface area contributed by atoms with Crippen molar-refractivity contribution in [1.29, 1.82) is 0 Å². The van der Waals surface area contributed by atoms with E-state index in [0.29, 0.717) is 15.0 Å². The summed E-state index contributed by atoms with van der Waals surface area (Å²) in [5.74, 6) is -0.322. The molecule has 3 rings (SSSR count). The Kier molecular flexibility index (Phi) is 5.37. The number of halogens is 2. The van der Waals surface area contributed by atoms with Crippen molar-refractivity contribution in [2.45, 2.75) is 6.92 Å². The first-order chi connectivity index (χ1) is 11.9. The number of aryl methyl sites for hydroxylation is 1. The maximum atomic E-state index is 12.5. The lowest BCUT2D eigenvalue weighted by molar-refractivity contribution is -0.122. The van der Waals surface area contributed by atoms with E-state index in [1.807, 2.05) is 13.0 Å². The van der Waals surface area contributed by atoms with E-state index in [0.717, 1.165) is 28.6 Å². The lowest BCUT2D eigenvalue weighted by Gasteiger charge is -2.16. The molecule has 0 spiro atoms. The van der Waals surface area contributed by atoms with Gasteiger partial charge in [-0.25, -0.2) is 0 Å². The predicted octanol–water partition coefficient (Wildman–Crippen LogP) is 5.41. The summed E-state index contributed by atoms with van der Waals surface area (Å²) in [5.41, 5.74) is 2.58. The van der Waals surface area contributed by atoms with Crippen LogP contribution in [0.2, 0.25) is 10.0 Å². The number of hydrogen-bond acceptors (Lipinski definition) is 4. The van der Waals surface area contributed by atoms with Crippen LogP contribution in [0.5, 0.6) is 0 Å². The summed E-state index contributed by atoms with van der Waals surface area (Å²) < 4.78 is 0. The molecule has 2 aromatic carbocycles. The summed E-state index contributed by atoms with van der Waals surface area (Å²) in [6, 6.07) is 12.5. The maximum absolute atomic E-state index is 12.5. The zero-order valence-electron chi connectivity index (χ0n) is 13.3. The minimum Gasteiger partial charge on any atom is -0.367 e. The van der Waals surface area contributed by atoms with Crippen molar-refractivity contribution in [1.82, 2.24) is 4.90 Å². The molecule has 1 saturated heterocycles. The highest BCUT2D eigenvalue weighted by atomic mass is 35.5. The Labute approximate surface area is 159 Å². The summed E-state index contributed by atoms with van der Waals surface area (Å²) in [7, 11) is 0. The molecule has 0 radical (unpaired) electrons. The van der Waals surface area contributed by atoms with Crippen LogP contribution in [-0.4, -0.2) is 22.7 Å². The van der Waals surface area contributed by atoms with Crippen LogP contribution in [0.3, 0.4) is 0 Å². The monoisotopic (exact) mass is 392 g/mol. The van der Waals surface area contributed by atoms with E-state index in [1.54, 1.807) is 42.5 Å². The summed E-state index contributed by atoms with van der Waals surface area (Å²) in [6.07, 6.45) is 1.69. The highest BCUT2D eigenvalue weighted by Crippen LogP contribution is 2.32. The average Bonchev–Trinajstić information content (AvgIpc) is 2.84. The second-order valence-corrected chi connectivity index (χ2v) is 7.32. The second kappa shape index (κ2) is 7.52. The van der Waals surface area contributed by atoms with Gasteiger partial charge in [-0.2, -0.15) is 0 Å². The molecule has 1 fully saturated rings. The molecule has 2 aromatic rings. The fraction of sp³-hybridized carbons (Fsp3) is 0.111. The lowest BCUT2D eigenvalue weighted by atomic mass is 10.2. The molecular formula is C18H14Cl2N2O2S. The molecule has 0 unspecified atom stereocenters. The Balaban J connectivity index is 1.73. The molecule has 0 atom stereocenters. The van der Waals surface area contributed by atoms with E-state index >= 15 is 0 Å². The zero-order chi connectivity index (χ0) is 18.0. The molecule has 0 saturated carbocycles. The van der Waals surface area contributed by atoms with Crippen LogP contribution >= 0.6 is 35.0 Å². The Morgan fingerprint density at radius 1 is 1.08 bits per heavy atom. The van der Waals surface area contributed by atoms with E-state index in [1.165, 1.54) is 4.90 Å². The van der Waals surface area contributed by atoms with Crippen molar-refractivity contribution in [3.8, 4) is 0 Å².